The second kappa shape index (κ2) is 61.9. The number of rotatable bonds is 61. The van der Waals surface area contributed by atoms with Crippen LogP contribution in [0.4, 0.5) is 0 Å². The molecule has 0 aromatic heterocycles. The van der Waals surface area contributed by atoms with Gasteiger partial charge >= 0.3 is 5.97 Å². The lowest BCUT2D eigenvalue weighted by Gasteiger charge is -2.22. The highest BCUT2D eigenvalue weighted by Gasteiger charge is 2.20. The number of nitrogens with one attached hydrogen (secondary N) is 1. The molecule has 72 heavy (non-hydrogen) atoms. The van der Waals surface area contributed by atoms with Gasteiger partial charge in [0.25, 0.3) is 0 Å². The molecule has 0 aliphatic heterocycles. The Bertz CT molecular complexity index is 1120. The molecule has 0 heterocycles. The van der Waals surface area contributed by atoms with Gasteiger partial charge in [-0.3, -0.25) is 9.59 Å². The van der Waals surface area contributed by atoms with E-state index in [0.29, 0.717) is 25.9 Å². The Hall–Kier alpha value is -1.66. The van der Waals surface area contributed by atoms with Crippen molar-refractivity contribution in [1.82, 2.24) is 5.32 Å². The van der Waals surface area contributed by atoms with Crippen molar-refractivity contribution in [3.8, 4) is 0 Å². The lowest BCUT2D eigenvalue weighted by atomic mass is 10.0. The number of aliphatic hydroxyl groups is 2. The van der Waals surface area contributed by atoms with Crippen LogP contribution >= 0.6 is 0 Å². The zero-order chi connectivity index (χ0) is 52.2. The van der Waals surface area contributed by atoms with Gasteiger partial charge in [0.15, 0.2) is 0 Å². The summed E-state index contributed by atoms with van der Waals surface area (Å²) >= 11 is 0. The first-order chi connectivity index (χ1) is 35.5. The fourth-order valence-electron chi connectivity index (χ4n) is 10.2. The first-order valence-corrected chi connectivity index (χ1v) is 32.6. The molecular formula is C66H127NO5. The highest BCUT2D eigenvalue weighted by Crippen LogP contribution is 2.18. The van der Waals surface area contributed by atoms with Crippen LogP contribution in [0.5, 0.6) is 0 Å². The van der Waals surface area contributed by atoms with E-state index in [0.717, 1.165) is 57.8 Å². The molecule has 6 heteroatoms. The monoisotopic (exact) mass is 1010 g/mol. The van der Waals surface area contributed by atoms with Gasteiger partial charge in [-0.1, -0.05) is 295 Å². The third kappa shape index (κ3) is 57.6. The van der Waals surface area contributed by atoms with E-state index in [-0.39, 0.29) is 18.5 Å². The summed E-state index contributed by atoms with van der Waals surface area (Å²) in [6.45, 7) is 4.95. The molecular weight excluding hydrogens is 887 g/mol. The summed E-state index contributed by atoms with van der Waals surface area (Å²) in [4.78, 5) is 24.6. The maximum atomic E-state index is 12.5. The average Bonchev–Trinajstić information content (AvgIpc) is 3.38. The van der Waals surface area contributed by atoms with Crippen molar-refractivity contribution in [2.24, 2.45) is 0 Å². The van der Waals surface area contributed by atoms with Crippen LogP contribution < -0.4 is 5.32 Å². The van der Waals surface area contributed by atoms with Crippen molar-refractivity contribution in [2.45, 2.75) is 373 Å². The second-order valence-electron chi connectivity index (χ2n) is 22.4. The van der Waals surface area contributed by atoms with Gasteiger partial charge in [0.2, 0.25) is 5.91 Å². The molecule has 426 valence electrons. The number of carbonyl (C=O) groups excluding carboxylic acids is 2. The molecule has 2 unspecified atom stereocenters. The molecule has 1 amide bonds. The number of amides is 1. The summed E-state index contributed by atoms with van der Waals surface area (Å²) < 4.78 is 5.47. The van der Waals surface area contributed by atoms with E-state index in [9.17, 15) is 19.8 Å². The van der Waals surface area contributed by atoms with Gasteiger partial charge in [-0.15, -0.1) is 0 Å². The highest BCUT2D eigenvalue weighted by atomic mass is 16.5. The molecule has 6 nitrogen and oxygen atoms in total. The van der Waals surface area contributed by atoms with Crippen LogP contribution in [-0.2, 0) is 14.3 Å². The van der Waals surface area contributed by atoms with E-state index in [4.69, 9.17) is 4.74 Å². The Morgan fingerprint density at radius 3 is 1.00 bits per heavy atom. The summed E-state index contributed by atoms with van der Waals surface area (Å²) in [7, 11) is 0. The smallest absolute Gasteiger partial charge is 0.305 e. The SMILES string of the molecule is CCCCCC/C=C\CCCCCCCC(=O)OCCCCCCCCCCC/C=C\CCCCCCCC(=O)NC(CO)C(O)CCCCCCCCCCCCCCCCCCCCCCCCCC. The largest absolute Gasteiger partial charge is 0.466 e. The zero-order valence-electron chi connectivity index (χ0n) is 48.7. The quantitative estimate of drug-likeness (QED) is 0.0320. The topological polar surface area (TPSA) is 95.9 Å². The van der Waals surface area contributed by atoms with Gasteiger partial charge in [-0.25, -0.2) is 0 Å². The van der Waals surface area contributed by atoms with Crippen molar-refractivity contribution in [1.29, 1.82) is 0 Å². The van der Waals surface area contributed by atoms with Gasteiger partial charge in [0.05, 0.1) is 25.4 Å². The Morgan fingerprint density at radius 1 is 0.375 bits per heavy atom. The molecule has 0 bridgehead atoms. The van der Waals surface area contributed by atoms with Crippen molar-refractivity contribution < 1.29 is 24.5 Å². The minimum Gasteiger partial charge on any atom is -0.466 e. The van der Waals surface area contributed by atoms with E-state index in [2.05, 4.69) is 43.5 Å². The second-order valence-corrected chi connectivity index (χ2v) is 22.4. The van der Waals surface area contributed by atoms with E-state index in [1.807, 2.05) is 0 Å². The molecule has 0 aromatic carbocycles. The Morgan fingerprint density at radius 2 is 0.653 bits per heavy atom. The number of allylic oxidation sites excluding steroid dienone is 4. The predicted molar refractivity (Wildman–Crippen MR) is 315 cm³/mol. The van der Waals surface area contributed by atoms with Gasteiger partial charge in [0.1, 0.15) is 0 Å². The van der Waals surface area contributed by atoms with Crippen LogP contribution in [0.2, 0.25) is 0 Å². The third-order valence-corrected chi connectivity index (χ3v) is 15.2. The number of unbranched alkanes of at least 4 members (excludes halogenated alkanes) is 46. The lowest BCUT2D eigenvalue weighted by molar-refractivity contribution is -0.143. The molecule has 0 fully saturated rings. The van der Waals surface area contributed by atoms with Gasteiger partial charge in [-0.2, -0.15) is 0 Å². The average molecular weight is 1010 g/mol. The molecule has 0 rings (SSSR count). The maximum Gasteiger partial charge on any atom is 0.305 e. The zero-order valence-corrected chi connectivity index (χ0v) is 48.7. The number of aliphatic hydroxyl groups excluding tert-OH is 2. The maximum absolute atomic E-state index is 12.5. The summed E-state index contributed by atoms with van der Waals surface area (Å²) in [6.07, 6.45) is 76.2. The van der Waals surface area contributed by atoms with Crippen LogP contribution in [-0.4, -0.2) is 47.4 Å². The first kappa shape index (κ1) is 70.3. The molecule has 0 spiro atoms. The minimum atomic E-state index is -0.674. The van der Waals surface area contributed by atoms with Gasteiger partial charge in [0, 0.05) is 12.8 Å². The first-order valence-electron chi connectivity index (χ1n) is 32.6. The van der Waals surface area contributed by atoms with Gasteiger partial charge < -0.3 is 20.3 Å². The summed E-state index contributed by atoms with van der Waals surface area (Å²) in [5.74, 6) is -0.0511. The molecule has 0 saturated carbocycles. The van der Waals surface area contributed by atoms with Crippen molar-refractivity contribution in [2.75, 3.05) is 13.2 Å². The summed E-state index contributed by atoms with van der Waals surface area (Å²) in [5, 5.41) is 23.4. The molecule has 0 aliphatic rings. The minimum absolute atomic E-state index is 0.00548. The van der Waals surface area contributed by atoms with Crippen LogP contribution in [0.25, 0.3) is 0 Å². The van der Waals surface area contributed by atoms with E-state index in [1.165, 1.54) is 270 Å². The number of carbonyl (C=O) groups is 2. The summed E-state index contributed by atoms with van der Waals surface area (Å²) in [5.41, 5.74) is 0. The lowest BCUT2D eigenvalue weighted by Crippen LogP contribution is -2.45. The fourth-order valence-corrected chi connectivity index (χ4v) is 10.2. The molecule has 0 saturated heterocycles. The molecule has 3 N–H and O–H groups in total. The molecule has 2 atom stereocenters. The normalized spacial score (nSPS) is 12.7. The van der Waals surface area contributed by atoms with Crippen LogP contribution in [0.1, 0.15) is 361 Å². The predicted octanol–water partition coefficient (Wildman–Crippen LogP) is 20.6. The van der Waals surface area contributed by atoms with Crippen LogP contribution in [0.15, 0.2) is 24.3 Å². The van der Waals surface area contributed by atoms with E-state index < -0.39 is 12.1 Å². The Labute approximate surface area is 450 Å². The highest BCUT2D eigenvalue weighted by molar-refractivity contribution is 5.76. The van der Waals surface area contributed by atoms with Crippen LogP contribution in [0, 0.1) is 0 Å². The number of hydrogen-bond donors (Lipinski definition) is 3. The van der Waals surface area contributed by atoms with Crippen molar-refractivity contribution >= 4 is 11.9 Å². The number of esters is 1. The number of hydrogen-bond acceptors (Lipinski definition) is 5. The molecule has 0 aromatic rings. The summed E-state index contributed by atoms with van der Waals surface area (Å²) in [6, 6.07) is -0.553. The van der Waals surface area contributed by atoms with Crippen LogP contribution in [0.3, 0.4) is 0 Å². The standard InChI is InChI=1S/C66H127NO5/c1-3-5-7-9-11-13-15-17-18-19-20-21-22-23-24-25-28-31-35-38-42-46-50-54-58-64(69)63(62-68)67-65(70)59-55-51-47-43-39-36-32-29-26-27-30-33-37-41-45-49-53-57-61-72-66(71)60-56-52-48-44-40-34-16-14-12-10-8-6-4-2/h14,16,29,32,63-64,68-69H,3-13,15,17-28,30-31,33-62H2,1-2H3,(H,67,70)/b16-14-,32-29-. The Balaban J connectivity index is 3.44. The number of ether oxygens (including phenoxy) is 1. The molecule has 0 radical (unpaired) electrons. The fraction of sp³-hybridized carbons (Fsp3) is 0.909. The van der Waals surface area contributed by atoms with Crippen molar-refractivity contribution in [3.63, 3.8) is 0 Å². The van der Waals surface area contributed by atoms with E-state index in [1.54, 1.807) is 0 Å². The third-order valence-electron chi connectivity index (χ3n) is 15.2. The molecule has 0 aliphatic carbocycles. The van der Waals surface area contributed by atoms with Crippen molar-refractivity contribution in [3.05, 3.63) is 24.3 Å². The van der Waals surface area contributed by atoms with Gasteiger partial charge in [-0.05, 0) is 77.0 Å². The Kier molecular flexibility index (Phi) is 60.5. The van der Waals surface area contributed by atoms with E-state index >= 15 is 0 Å².